The number of carbonyl (C=O) groups excluding carboxylic acids is 4. The number of benzene rings is 4. The van der Waals surface area contributed by atoms with Crippen LogP contribution in [0.4, 0.5) is 30.2 Å². The SMILES string of the molecule is Cc1ncsc1-c1ccc(CN(C(=O)C(NC(=O)COCCCCNc2ccc(-c3ccc(N4C(=S)N(c5ccc(C#N)c(C(F)(F)F)c5)C(=O)C4(C)C)cc3)cc2)C(C)(C)C)C(=O)[C@@H]2C[C@@H](O)CN2)cc1. The van der Waals surface area contributed by atoms with Crippen molar-refractivity contribution in [3.8, 4) is 27.6 Å². The molecule has 19 heteroatoms. The fourth-order valence-corrected chi connectivity index (χ4v) is 9.99. The van der Waals surface area contributed by atoms with Gasteiger partial charge in [0.25, 0.3) is 11.8 Å². The van der Waals surface area contributed by atoms with Crippen molar-refractivity contribution in [2.45, 2.75) is 97.3 Å². The molecule has 2 aliphatic rings. The number of carbonyl (C=O) groups is 4. The molecule has 5 aromatic rings. The summed E-state index contributed by atoms with van der Waals surface area (Å²) in [5, 5.41) is 28.7. The number of aromatic nitrogens is 1. The molecule has 0 bridgehead atoms. The first-order valence-electron chi connectivity index (χ1n) is 23.5. The van der Waals surface area contributed by atoms with Crippen LogP contribution in [0.3, 0.4) is 0 Å². The number of ether oxygens (including phenoxy) is 1. The van der Waals surface area contributed by atoms with Crippen LogP contribution in [0.25, 0.3) is 21.6 Å². The first kappa shape index (κ1) is 53.2. The molecule has 14 nitrogen and oxygen atoms in total. The Balaban J connectivity index is 0.880. The number of rotatable bonds is 17. The zero-order valence-electron chi connectivity index (χ0n) is 40.8. The van der Waals surface area contributed by atoms with Crippen molar-refractivity contribution in [1.29, 1.82) is 5.26 Å². The van der Waals surface area contributed by atoms with Gasteiger partial charge in [0.1, 0.15) is 18.2 Å². The number of nitrogens with one attached hydrogen (secondary N) is 3. The maximum absolute atomic E-state index is 14.3. The molecule has 0 aliphatic carbocycles. The standard InChI is InChI=1S/C53H57F3N8O6S2/c1-32-45(72-31-60-32)36-11-9-33(10-12-36)29-62(47(67)43-26-41(65)28-59-43)48(68)46(51(2,3)4)61-44(66)30-70-24-8-7-23-58-38-18-13-34(14-19-38)35-15-20-39(21-16-35)64-50(71)63(49(69)52(64,5)6)40-22-17-37(27-57)42(25-40)53(54,55)56/h9-22,25,31,41,43,46,58-59,65H,7-8,23-24,26,28-30H2,1-6H3,(H,61,66)/t41-,43+,46?/m1/s1. The van der Waals surface area contributed by atoms with Crippen LogP contribution in [0.5, 0.6) is 0 Å². The Morgan fingerprint density at radius 3 is 2.21 bits per heavy atom. The summed E-state index contributed by atoms with van der Waals surface area (Å²) in [6, 6.07) is 25.6. The van der Waals surface area contributed by atoms with Crippen molar-refractivity contribution >= 4 is 69.4 Å². The summed E-state index contributed by atoms with van der Waals surface area (Å²) >= 11 is 7.21. The van der Waals surface area contributed by atoms with E-state index in [-0.39, 0.29) is 36.9 Å². The van der Waals surface area contributed by atoms with Crippen molar-refractivity contribution in [3.05, 3.63) is 119 Å². The first-order chi connectivity index (χ1) is 34.1. The largest absolute Gasteiger partial charge is 0.417 e. The van der Waals surface area contributed by atoms with Gasteiger partial charge in [0.2, 0.25) is 11.8 Å². The van der Waals surface area contributed by atoms with Gasteiger partial charge in [0.15, 0.2) is 5.11 Å². The number of alkyl halides is 3. The molecule has 4 amide bonds. The minimum absolute atomic E-state index is 0.0105. The summed E-state index contributed by atoms with van der Waals surface area (Å²) in [5.41, 5.74) is 3.90. The number of β-amino-alcohol motifs (C(OH)–C–C–N with tert-alkyl or cyclic N) is 1. The summed E-state index contributed by atoms with van der Waals surface area (Å²) in [6.45, 7) is 11.6. The second-order valence-electron chi connectivity index (χ2n) is 19.4. The van der Waals surface area contributed by atoms with E-state index in [1.54, 1.807) is 42.5 Å². The lowest BCUT2D eigenvalue weighted by Gasteiger charge is -2.35. The topological polar surface area (TPSA) is 180 Å². The summed E-state index contributed by atoms with van der Waals surface area (Å²) < 4.78 is 47.1. The third kappa shape index (κ3) is 12.0. The van der Waals surface area contributed by atoms with Crippen LogP contribution < -0.4 is 25.8 Å². The molecule has 2 fully saturated rings. The van der Waals surface area contributed by atoms with Crippen LogP contribution in [0.15, 0.2) is 96.5 Å². The van der Waals surface area contributed by atoms with Gasteiger partial charge in [0.05, 0.1) is 57.7 Å². The van der Waals surface area contributed by atoms with Crippen molar-refractivity contribution in [2.24, 2.45) is 5.41 Å². The molecular formula is C53H57F3N8O6S2. The quantitative estimate of drug-likeness (QED) is 0.0516. The molecule has 2 saturated heterocycles. The lowest BCUT2D eigenvalue weighted by molar-refractivity contribution is -0.151. The summed E-state index contributed by atoms with van der Waals surface area (Å²) in [7, 11) is 0. The van der Waals surface area contributed by atoms with Crippen molar-refractivity contribution < 1.29 is 42.2 Å². The number of unbranched alkanes of at least 4 members (excludes halogenated alkanes) is 1. The molecule has 7 rings (SSSR count). The Kier molecular flexibility index (Phi) is 16.3. The van der Waals surface area contributed by atoms with Gasteiger partial charge < -0.3 is 30.7 Å². The minimum atomic E-state index is -4.80. The van der Waals surface area contributed by atoms with Gasteiger partial charge in [-0.05, 0) is 122 Å². The number of thiazole rings is 1. The van der Waals surface area contributed by atoms with Gasteiger partial charge in [-0.2, -0.15) is 18.4 Å². The Hall–Kier alpha value is -6.56. The van der Waals surface area contributed by atoms with E-state index >= 15 is 0 Å². The Labute approximate surface area is 426 Å². The number of nitrogens with zero attached hydrogens (tertiary/aromatic N) is 5. The molecule has 0 spiro atoms. The van der Waals surface area contributed by atoms with Gasteiger partial charge in [-0.25, -0.2) is 4.98 Å². The van der Waals surface area contributed by atoms with E-state index in [1.807, 2.05) is 88.4 Å². The van der Waals surface area contributed by atoms with Crippen molar-refractivity contribution in [1.82, 2.24) is 20.5 Å². The second kappa shape index (κ2) is 22.1. The summed E-state index contributed by atoms with van der Waals surface area (Å²) in [4.78, 5) is 64.4. The van der Waals surface area contributed by atoms with E-state index in [2.05, 4.69) is 20.9 Å². The lowest BCUT2D eigenvalue weighted by atomic mass is 9.85. The van der Waals surface area contributed by atoms with Gasteiger partial charge >= 0.3 is 6.18 Å². The number of hydrogen-bond acceptors (Lipinski definition) is 12. The summed E-state index contributed by atoms with van der Waals surface area (Å²) in [5.74, 6) is -2.03. The number of aryl methyl sites for hydroxylation is 1. The highest BCUT2D eigenvalue weighted by Crippen LogP contribution is 2.40. The molecule has 3 heterocycles. The molecule has 0 radical (unpaired) electrons. The van der Waals surface area contributed by atoms with E-state index in [4.69, 9.17) is 17.0 Å². The van der Waals surface area contributed by atoms with Crippen molar-refractivity contribution in [3.63, 3.8) is 0 Å². The van der Waals surface area contributed by atoms with E-state index in [0.29, 0.717) is 25.3 Å². The average Bonchev–Trinajstić information content (AvgIpc) is 4.03. The van der Waals surface area contributed by atoms with Crippen LogP contribution in [0.1, 0.15) is 76.3 Å². The van der Waals surface area contributed by atoms with Crippen LogP contribution in [0, 0.1) is 23.7 Å². The molecule has 1 unspecified atom stereocenters. The zero-order chi connectivity index (χ0) is 52.1. The van der Waals surface area contributed by atoms with Gasteiger partial charge in [-0.1, -0.05) is 69.3 Å². The highest BCUT2D eigenvalue weighted by Gasteiger charge is 2.51. The molecule has 2 aliphatic heterocycles. The number of amides is 4. The molecule has 4 aromatic carbocycles. The van der Waals surface area contributed by atoms with E-state index in [0.717, 1.165) is 62.0 Å². The molecule has 3 atom stereocenters. The molecular weight excluding hydrogens is 966 g/mol. The predicted octanol–water partition coefficient (Wildman–Crippen LogP) is 8.61. The van der Waals surface area contributed by atoms with Gasteiger partial charge in [0, 0.05) is 31.1 Å². The first-order valence-corrected chi connectivity index (χ1v) is 24.7. The van der Waals surface area contributed by atoms with Crippen LogP contribution >= 0.6 is 23.6 Å². The molecule has 0 saturated carbocycles. The Morgan fingerprint density at radius 2 is 1.62 bits per heavy atom. The van der Waals surface area contributed by atoms with Crippen LogP contribution in [-0.2, 0) is 36.6 Å². The zero-order valence-corrected chi connectivity index (χ0v) is 42.4. The fraction of sp³-hybridized carbons (Fsp3) is 0.377. The van der Waals surface area contributed by atoms with E-state index < -0.39 is 70.1 Å². The van der Waals surface area contributed by atoms with Crippen LogP contribution in [0.2, 0.25) is 0 Å². The lowest BCUT2D eigenvalue weighted by Crippen LogP contribution is -2.58. The molecule has 72 heavy (non-hydrogen) atoms. The normalized spacial score (nSPS) is 17.2. The number of halogens is 3. The molecule has 1 aromatic heterocycles. The number of aliphatic hydroxyl groups excluding tert-OH is 1. The Bertz CT molecular complexity index is 2840. The minimum Gasteiger partial charge on any atom is -0.392 e. The number of aliphatic hydroxyl groups is 1. The Morgan fingerprint density at radius 1 is 0.986 bits per heavy atom. The fourth-order valence-electron chi connectivity index (χ4n) is 8.66. The third-order valence-electron chi connectivity index (χ3n) is 12.6. The number of hydrogen-bond donors (Lipinski definition) is 4. The van der Waals surface area contributed by atoms with Gasteiger partial charge in [-0.15, -0.1) is 11.3 Å². The van der Waals surface area contributed by atoms with E-state index in [1.165, 1.54) is 22.3 Å². The molecule has 4 N–H and O–H groups in total. The third-order valence-corrected chi connectivity index (χ3v) is 14.0. The summed E-state index contributed by atoms with van der Waals surface area (Å²) in [6.07, 6.45) is -3.96. The maximum Gasteiger partial charge on any atom is 0.417 e. The maximum atomic E-state index is 14.3. The molecule has 378 valence electrons. The second-order valence-corrected chi connectivity index (χ2v) is 20.6. The monoisotopic (exact) mass is 1020 g/mol. The van der Waals surface area contributed by atoms with Gasteiger partial charge in [-0.3, -0.25) is 29.0 Å². The van der Waals surface area contributed by atoms with Crippen molar-refractivity contribution in [2.75, 3.05) is 41.4 Å². The number of imide groups is 1. The average molecular weight is 1020 g/mol. The number of thiocarbonyl (C=S) groups is 1. The highest BCUT2D eigenvalue weighted by atomic mass is 32.1. The number of anilines is 3. The predicted molar refractivity (Wildman–Crippen MR) is 275 cm³/mol. The smallest absolute Gasteiger partial charge is 0.392 e. The highest BCUT2D eigenvalue weighted by molar-refractivity contribution is 7.81. The van der Waals surface area contributed by atoms with E-state index in [9.17, 15) is 42.7 Å². The number of nitriles is 1. The van der Waals surface area contributed by atoms with Crippen LogP contribution in [-0.4, -0.2) is 93.8 Å².